The van der Waals surface area contributed by atoms with Crippen LogP contribution >= 0.6 is 0 Å². The summed E-state index contributed by atoms with van der Waals surface area (Å²) in [6.07, 6.45) is 3.09. The Morgan fingerprint density at radius 1 is 1.18 bits per heavy atom. The maximum Gasteiger partial charge on any atom is 0.231 e. The van der Waals surface area contributed by atoms with Crippen LogP contribution in [-0.2, 0) is 17.8 Å². The van der Waals surface area contributed by atoms with Crippen molar-refractivity contribution in [3.05, 3.63) is 65.2 Å². The molecule has 22 heavy (non-hydrogen) atoms. The average molecular weight is 294 g/mol. The number of aryl methyl sites for hydroxylation is 1. The van der Waals surface area contributed by atoms with Crippen LogP contribution in [0.15, 0.2) is 48.5 Å². The first-order valence-electron chi connectivity index (χ1n) is 7.90. The molecule has 0 saturated carbocycles. The zero-order valence-corrected chi connectivity index (χ0v) is 12.9. The van der Waals surface area contributed by atoms with Crippen LogP contribution in [0.4, 0.5) is 5.69 Å². The third-order valence-corrected chi connectivity index (χ3v) is 4.26. The fourth-order valence-corrected chi connectivity index (χ4v) is 3.22. The van der Waals surface area contributed by atoms with E-state index in [0.29, 0.717) is 0 Å². The normalized spacial score (nSPS) is 16.9. The van der Waals surface area contributed by atoms with Gasteiger partial charge in [0, 0.05) is 12.2 Å². The Bertz CT molecular complexity index is 666. The Morgan fingerprint density at radius 2 is 2.05 bits per heavy atom. The highest BCUT2D eigenvalue weighted by atomic mass is 16.1. The Morgan fingerprint density at radius 3 is 2.91 bits per heavy atom. The highest BCUT2D eigenvalue weighted by Gasteiger charge is 2.26. The highest BCUT2D eigenvalue weighted by Crippen LogP contribution is 2.32. The Hall–Kier alpha value is -2.13. The lowest BCUT2D eigenvalue weighted by Gasteiger charge is -2.24. The van der Waals surface area contributed by atoms with Gasteiger partial charge in [-0.3, -0.25) is 4.79 Å². The fraction of sp³-hybridized carbons (Fsp3) is 0.316. The summed E-state index contributed by atoms with van der Waals surface area (Å²) in [6, 6.07) is 16.3. The number of hydrogen-bond acceptors (Lipinski definition) is 2. The molecule has 0 fully saturated rings. The van der Waals surface area contributed by atoms with Gasteiger partial charge in [-0.25, -0.2) is 0 Å². The van der Waals surface area contributed by atoms with E-state index in [0.717, 1.165) is 31.5 Å². The van der Waals surface area contributed by atoms with Crippen LogP contribution in [0.1, 0.15) is 35.4 Å². The number of amides is 1. The van der Waals surface area contributed by atoms with Gasteiger partial charge in [0.05, 0.1) is 5.92 Å². The third kappa shape index (κ3) is 3.20. The van der Waals surface area contributed by atoms with Crippen molar-refractivity contribution in [3.63, 3.8) is 0 Å². The third-order valence-electron chi connectivity index (χ3n) is 4.26. The number of anilines is 1. The molecule has 1 amide bonds. The van der Waals surface area contributed by atoms with Crippen LogP contribution < -0.4 is 10.6 Å². The van der Waals surface area contributed by atoms with Gasteiger partial charge in [-0.15, -0.1) is 0 Å². The molecule has 0 saturated heterocycles. The van der Waals surface area contributed by atoms with Crippen molar-refractivity contribution in [3.8, 4) is 0 Å². The van der Waals surface area contributed by atoms with E-state index in [1.807, 2.05) is 31.3 Å². The molecular weight excluding hydrogens is 272 g/mol. The molecule has 1 atom stereocenters. The molecule has 3 nitrogen and oxygen atoms in total. The molecule has 0 aliphatic heterocycles. The molecule has 3 rings (SSSR count). The smallest absolute Gasteiger partial charge is 0.231 e. The Kier molecular flexibility index (Phi) is 4.54. The largest absolute Gasteiger partial charge is 0.326 e. The van der Waals surface area contributed by atoms with E-state index in [4.69, 9.17) is 0 Å². The minimum Gasteiger partial charge on any atom is -0.326 e. The summed E-state index contributed by atoms with van der Waals surface area (Å²) in [5.74, 6) is 0.0756. The van der Waals surface area contributed by atoms with Crippen LogP contribution in [0.3, 0.4) is 0 Å². The Labute approximate surface area is 131 Å². The highest BCUT2D eigenvalue weighted by molar-refractivity contribution is 5.96. The van der Waals surface area contributed by atoms with Gasteiger partial charge in [0.1, 0.15) is 0 Å². The molecular formula is C19H22N2O. The van der Waals surface area contributed by atoms with Crippen LogP contribution in [0.25, 0.3) is 0 Å². The van der Waals surface area contributed by atoms with E-state index < -0.39 is 0 Å². The van der Waals surface area contributed by atoms with Gasteiger partial charge < -0.3 is 10.6 Å². The lowest BCUT2D eigenvalue weighted by atomic mass is 9.82. The van der Waals surface area contributed by atoms with Crippen LogP contribution in [-0.4, -0.2) is 13.0 Å². The van der Waals surface area contributed by atoms with E-state index in [-0.39, 0.29) is 11.8 Å². The molecule has 1 unspecified atom stereocenters. The molecule has 2 aromatic rings. The number of rotatable bonds is 4. The summed E-state index contributed by atoms with van der Waals surface area (Å²) in [6.45, 7) is 0.802. The lowest BCUT2D eigenvalue weighted by Crippen LogP contribution is -2.24. The molecule has 2 N–H and O–H groups in total. The summed E-state index contributed by atoms with van der Waals surface area (Å²) in [4.78, 5) is 12.7. The van der Waals surface area contributed by atoms with Crippen molar-refractivity contribution in [1.29, 1.82) is 0 Å². The first-order valence-corrected chi connectivity index (χ1v) is 7.90. The van der Waals surface area contributed by atoms with Crippen molar-refractivity contribution in [2.24, 2.45) is 0 Å². The first-order chi connectivity index (χ1) is 10.8. The zero-order valence-electron chi connectivity index (χ0n) is 12.9. The van der Waals surface area contributed by atoms with E-state index in [9.17, 15) is 4.79 Å². The summed E-state index contributed by atoms with van der Waals surface area (Å²) in [7, 11) is 1.92. The molecule has 0 radical (unpaired) electrons. The number of fused-ring (bicyclic) bond motifs is 1. The number of benzene rings is 2. The van der Waals surface area contributed by atoms with E-state index in [2.05, 4.69) is 34.9 Å². The predicted molar refractivity (Wildman–Crippen MR) is 90.0 cm³/mol. The second kappa shape index (κ2) is 6.75. The van der Waals surface area contributed by atoms with Crippen molar-refractivity contribution in [2.45, 2.75) is 31.7 Å². The molecule has 3 heteroatoms. The molecule has 0 heterocycles. The molecule has 1 aliphatic carbocycles. The maximum atomic E-state index is 12.7. The number of nitrogens with one attached hydrogen (secondary N) is 2. The van der Waals surface area contributed by atoms with E-state index in [1.165, 1.54) is 16.7 Å². The van der Waals surface area contributed by atoms with Gasteiger partial charge in [0.15, 0.2) is 0 Å². The second-order valence-corrected chi connectivity index (χ2v) is 5.86. The monoisotopic (exact) mass is 294 g/mol. The van der Waals surface area contributed by atoms with Crippen molar-refractivity contribution < 1.29 is 4.79 Å². The van der Waals surface area contributed by atoms with Gasteiger partial charge in [-0.05, 0) is 55.1 Å². The standard InChI is InChI=1S/C19H22N2O/c1-20-13-14-6-4-9-16(12-14)21-19(22)18-11-5-8-15-7-2-3-10-17(15)18/h2-4,6-7,9-10,12,18,20H,5,8,11,13H2,1H3,(H,21,22). The van der Waals surface area contributed by atoms with Gasteiger partial charge >= 0.3 is 0 Å². The Balaban J connectivity index is 1.77. The van der Waals surface area contributed by atoms with Crippen molar-refractivity contribution >= 4 is 11.6 Å². The summed E-state index contributed by atoms with van der Waals surface area (Å²) < 4.78 is 0. The molecule has 0 spiro atoms. The van der Waals surface area contributed by atoms with Crippen molar-refractivity contribution in [1.82, 2.24) is 5.32 Å². The van der Waals surface area contributed by atoms with Crippen LogP contribution in [0, 0.1) is 0 Å². The quantitative estimate of drug-likeness (QED) is 0.906. The second-order valence-electron chi connectivity index (χ2n) is 5.86. The summed E-state index contributed by atoms with van der Waals surface area (Å²) >= 11 is 0. The van der Waals surface area contributed by atoms with Crippen LogP contribution in [0.2, 0.25) is 0 Å². The zero-order chi connectivity index (χ0) is 15.4. The SMILES string of the molecule is CNCc1cccc(NC(=O)C2CCCc3ccccc32)c1. The number of carbonyl (C=O) groups excluding carboxylic acids is 1. The molecule has 114 valence electrons. The molecule has 1 aliphatic rings. The molecule has 2 aromatic carbocycles. The van der Waals surface area contributed by atoms with Gasteiger partial charge in [-0.1, -0.05) is 36.4 Å². The fourth-order valence-electron chi connectivity index (χ4n) is 3.22. The average Bonchev–Trinajstić information content (AvgIpc) is 2.55. The molecule has 0 aromatic heterocycles. The predicted octanol–water partition coefficient (Wildman–Crippen LogP) is 3.46. The first kappa shape index (κ1) is 14.8. The summed E-state index contributed by atoms with van der Waals surface area (Å²) in [5.41, 5.74) is 4.56. The van der Waals surface area contributed by atoms with Crippen LogP contribution in [0.5, 0.6) is 0 Å². The minimum absolute atomic E-state index is 0.0297. The topological polar surface area (TPSA) is 41.1 Å². The van der Waals surface area contributed by atoms with E-state index in [1.54, 1.807) is 0 Å². The van der Waals surface area contributed by atoms with E-state index >= 15 is 0 Å². The lowest BCUT2D eigenvalue weighted by molar-refractivity contribution is -0.117. The maximum absolute atomic E-state index is 12.7. The number of hydrogen-bond donors (Lipinski definition) is 2. The summed E-state index contributed by atoms with van der Waals surface area (Å²) in [5, 5.41) is 6.21. The van der Waals surface area contributed by atoms with Gasteiger partial charge in [0.25, 0.3) is 0 Å². The van der Waals surface area contributed by atoms with Gasteiger partial charge in [-0.2, -0.15) is 0 Å². The number of carbonyl (C=O) groups is 1. The minimum atomic E-state index is -0.0297. The van der Waals surface area contributed by atoms with Crippen molar-refractivity contribution in [2.75, 3.05) is 12.4 Å². The van der Waals surface area contributed by atoms with Gasteiger partial charge in [0.2, 0.25) is 5.91 Å². The molecule has 0 bridgehead atoms.